The zero-order valence-electron chi connectivity index (χ0n) is 15.0. The zero-order chi connectivity index (χ0) is 18.1. The summed E-state index contributed by atoms with van der Waals surface area (Å²) in [6.07, 6.45) is 1.07. The van der Waals surface area contributed by atoms with Crippen LogP contribution in [0.2, 0.25) is 0 Å². The van der Waals surface area contributed by atoms with Crippen LogP contribution >= 0.6 is 0 Å². The second-order valence-corrected chi connectivity index (χ2v) is 7.08. The quantitative estimate of drug-likeness (QED) is 0.365. The van der Waals surface area contributed by atoms with Crippen molar-refractivity contribution in [3.8, 4) is 0 Å². The first-order valence-electron chi connectivity index (χ1n) is 8.33. The van der Waals surface area contributed by atoms with Crippen LogP contribution in [0, 0.1) is 0 Å². The maximum atomic E-state index is 12.6. The van der Waals surface area contributed by atoms with Crippen molar-refractivity contribution in [1.29, 1.82) is 0 Å². The van der Waals surface area contributed by atoms with Crippen molar-refractivity contribution in [3.05, 3.63) is 11.3 Å². The smallest absolute Gasteiger partial charge is 0.411 e. The molecule has 0 radical (unpaired) electrons. The van der Waals surface area contributed by atoms with Crippen molar-refractivity contribution in [2.45, 2.75) is 65.1 Å². The highest BCUT2D eigenvalue weighted by Crippen LogP contribution is 2.34. The average Bonchev–Trinajstić information content (AvgIpc) is 2.75. The summed E-state index contributed by atoms with van der Waals surface area (Å²) >= 11 is 0. The Morgan fingerprint density at radius 1 is 1.25 bits per heavy atom. The number of piperazine rings is 1. The number of rotatable bonds is 3. The fraction of sp³-hybridized carbons (Fsp3) is 0.706. The van der Waals surface area contributed by atoms with Gasteiger partial charge >= 0.3 is 12.1 Å². The van der Waals surface area contributed by atoms with Gasteiger partial charge in [-0.05, 0) is 47.5 Å². The Morgan fingerprint density at radius 3 is 2.46 bits per heavy atom. The summed E-state index contributed by atoms with van der Waals surface area (Å²) in [5.41, 5.74) is -0.133. The molecule has 24 heavy (non-hydrogen) atoms. The van der Waals surface area contributed by atoms with E-state index in [1.54, 1.807) is 11.8 Å². The number of carbonyl (C=O) groups excluding carboxylic acids is 3. The van der Waals surface area contributed by atoms with E-state index in [9.17, 15) is 14.4 Å². The van der Waals surface area contributed by atoms with E-state index in [-0.39, 0.29) is 30.0 Å². The predicted molar refractivity (Wildman–Crippen MR) is 87.2 cm³/mol. The van der Waals surface area contributed by atoms with E-state index in [1.165, 1.54) is 6.92 Å². The number of hydrogen-bond acceptors (Lipinski definition) is 6. The molecule has 2 aliphatic rings. The molecule has 0 unspecified atom stereocenters. The molecule has 2 bridgehead atoms. The third-order valence-corrected chi connectivity index (χ3v) is 4.07. The molecule has 2 rings (SSSR count). The number of fused-ring (bicyclic) bond motifs is 2. The van der Waals surface area contributed by atoms with Crippen LogP contribution < -0.4 is 5.32 Å². The van der Waals surface area contributed by atoms with Crippen LogP contribution in [-0.2, 0) is 19.1 Å². The van der Waals surface area contributed by atoms with E-state index in [1.807, 2.05) is 20.8 Å². The standard InChI is InChI=1S/C17H26N2O5/c1-6-23-15(21)13(10(2)20)14-12-8-7-11(9-18-14)19(12)16(22)24-17(3,4)5/h11-12,18H,6-9H2,1-5H3/t11-,12+/m1/s1. The monoisotopic (exact) mass is 338 g/mol. The summed E-state index contributed by atoms with van der Waals surface area (Å²) in [5, 5.41) is 3.16. The molecule has 1 amide bonds. The number of ketones is 1. The summed E-state index contributed by atoms with van der Waals surface area (Å²) < 4.78 is 10.5. The van der Waals surface area contributed by atoms with Gasteiger partial charge in [-0.15, -0.1) is 0 Å². The van der Waals surface area contributed by atoms with Gasteiger partial charge in [-0.2, -0.15) is 0 Å². The summed E-state index contributed by atoms with van der Waals surface area (Å²) in [7, 11) is 0. The number of nitrogens with zero attached hydrogens (tertiary/aromatic N) is 1. The van der Waals surface area contributed by atoms with Gasteiger partial charge in [0.2, 0.25) is 0 Å². The fourth-order valence-corrected chi connectivity index (χ4v) is 3.20. The fourth-order valence-electron chi connectivity index (χ4n) is 3.20. The first-order chi connectivity index (χ1) is 11.2. The van der Waals surface area contributed by atoms with Crippen molar-refractivity contribution < 1.29 is 23.9 Å². The third-order valence-electron chi connectivity index (χ3n) is 4.07. The van der Waals surface area contributed by atoms with Crippen molar-refractivity contribution >= 4 is 17.8 Å². The third kappa shape index (κ3) is 3.71. The minimum Gasteiger partial charge on any atom is -0.462 e. The number of amides is 1. The molecule has 0 saturated carbocycles. The van der Waals surface area contributed by atoms with E-state index in [2.05, 4.69) is 5.32 Å². The maximum Gasteiger partial charge on any atom is 0.411 e. The number of nitrogens with one attached hydrogen (secondary N) is 1. The molecule has 134 valence electrons. The molecule has 7 nitrogen and oxygen atoms in total. The van der Waals surface area contributed by atoms with Gasteiger partial charge in [0, 0.05) is 6.54 Å². The second kappa shape index (κ2) is 6.83. The Kier molecular flexibility index (Phi) is 5.20. The van der Waals surface area contributed by atoms with Crippen molar-refractivity contribution in [2.24, 2.45) is 0 Å². The van der Waals surface area contributed by atoms with Gasteiger partial charge < -0.3 is 14.8 Å². The SMILES string of the molecule is CCOC(=O)C(C(C)=O)=C1NC[C@H]2CC[C@@H]1N2C(=O)OC(C)(C)C. The highest BCUT2D eigenvalue weighted by molar-refractivity contribution is 6.17. The lowest BCUT2D eigenvalue weighted by Gasteiger charge is -2.38. The maximum absolute atomic E-state index is 12.6. The van der Waals surface area contributed by atoms with Gasteiger partial charge in [0.05, 0.1) is 24.4 Å². The molecule has 7 heteroatoms. The van der Waals surface area contributed by atoms with Gasteiger partial charge in [0.25, 0.3) is 0 Å². The zero-order valence-corrected chi connectivity index (χ0v) is 15.0. The second-order valence-electron chi connectivity index (χ2n) is 7.08. The van der Waals surface area contributed by atoms with Crippen LogP contribution in [-0.4, -0.2) is 53.6 Å². The van der Waals surface area contributed by atoms with Crippen LogP contribution in [0.25, 0.3) is 0 Å². The van der Waals surface area contributed by atoms with Gasteiger partial charge in [0.15, 0.2) is 5.78 Å². The van der Waals surface area contributed by atoms with Gasteiger partial charge in [-0.25, -0.2) is 9.59 Å². The van der Waals surface area contributed by atoms with Crippen LogP contribution in [0.4, 0.5) is 4.79 Å². The summed E-state index contributed by atoms with van der Waals surface area (Å²) in [6, 6.07) is -0.356. The molecule has 0 aliphatic carbocycles. The highest BCUT2D eigenvalue weighted by atomic mass is 16.6. The molecular formula is C17H26N2O5. The van der Waals surface area contributed by atoms with Gasteiger partial charge in [-0.3, -0.25) is 9.69 Å². The molecule has 0 aromatic heterocycles. The Hall–Kier alpha value is -2.05. The van der Waals surface area contributed by atoms with E-state index >= 15 is 0 Å². The van der Waals surface area contributed by atoms with Crippen LogP contribution in [0.3, 0.4) is 0 Å². The first-order valence-corrected chi connectivity index (χ1v) is 8.33. The van der Waals surface area contributed by atoms with Crippen LogP contribution in [0.1, 0.15) is 47.5 Å². The molecule has 2 heterocycles. The molecule has 0 spiro atoms. The molecule has 0 aromatic rings. The lowest BCUT2D eigenvalue weighted by Crippen LogP contribution is -2.55. The Labute approximate surface area is 142 Å². The van der Waals surface area contributed by atoms with E-state index in [4.69, 9.17) is 9.47 Å². The lowest BCUT2D eigenvalue weighted by atomic mass is 10.0. The van der Waals surface area contributed by atoms with E-state index in [0.717, 1.165) is 6.42 Å². The number of hydrogen-bond donors (Lipinski definition) is 1. The topological polar surface area (TPSA) is 84.9 Å². The average molecular weight is 338 g/mol. The van der Waals surface area contributed by atoms with Gasteiger partial charge in [-0.1, -0.05) is 0 Å². The van der Waals surface area contributed by atoms with Crippen molar-refractivity contribution in [3.63, 3.8) is 0 Å². The summed E-state index contributed by atoms with van der Waals surface area (Å²) in [4.78, 5) is 38.4. The minimum atomic E-state index is -0.651. The van der Waals surface area contributed by atoms with Gasteiger partial charge in [0.1, 0.15) is 11.2 Å². The normalized spacial score (nSPS) is 25.0. The number of Topliss-reactive ketones (excluding diaryl/α,β-unsaturated/α-hetero) is 1. The Bertz CT molecular complexity index is 576. The largest absolute Gasteiger partial charge is 0.462 e. The Balaban J connectivity index is 2.36. The molecule has 2 atom stereocenters. The molecule has 2 saturated heterocycles. The molecule has 1 N–H and O–H groups in total. The molecular weight excluding hydrogens is 312 g/mol. The number of esters is 1. The van der Waals surface area contributed by atoms with E-state index in [0.29, 0.717) is 18.7 Å². The predicted octanol–water partition coefficient (Wildman–Crippen LogP) is 1.76. The Morgan fingerprint density at radius 2 is 1.92 bits per heavy atom. The van der Waals surface area contributed by atoms with Crippen LogP contribution in [0.5, 0.6) is 0 Å². The minimum absolute atomic E-state index is 0.00371. The molecule has 2 fully saturated rings. The number of ether oxygens (including phenoxy) is 2. The van der Waals surface area contributed by atoms with E-state index < -0.39 is 17.7 Å². The van der Waals surface area contributed by atoms with Crippen molar-refractivity contribution in [2.75, 3.05) is 13.2 Å². The van der Waals surface area contributed by atoms with Crippen molar-refractivity contribution in [1.82, 2.24) is 10.2 Å². The summed E-state index contributed by atoms with van der Waals surface area (Å²) in [5.74, 6) is -1.02. The first kappa shape index (κ1) is 18.3. The highest BCUT2D eigenvalue weighted by Gasteiger charge is 2.46. The lowest BCUT2D eigenvalue weighted by molar-refractivity contribution is -0.140. The molecule has 2 aliphatic heterocycles. The summed E-state index contributed by atoms with van der Waals surface area (Å²) in [6.45, 7) is 9.13. The molecule has 0 aromatic carbocycles. The van der Waals surface area contributed by atoms with Crippen LogP contribution in [0.15, 0.2) is 11.3 Å². The number of carbonyl (C=O) groups is 3.